The zero-order chi connectivity index (χ0) is 6.41. The van der Waals surface area contributed by atoms with Crippen molar-refractivity contribution >= 4 is 0 Å². The Labute approximate surface area is 51.3 Å². The third-order valence-corrected chi connectivity index (χ3v) is 1.09. The standard InChI is InChI=1S/C7H13N/c1-4-7-8(5-2)6-3/h7H,1,5-6H2,2-3H3. The van der Waals surface area contributed by atoms with E-state index in [1.807, 2.05) is 6.20 Å². The molecule has 1 nitrogen and oxygen atoms in total. The van der Waals surface area contributed by atoms with Crippen LogP contribution in [0.25, 0.3) is 0 Å². The number of rotatable bonds is 3. The van der Waals surface area contributed by atoms with E-state index >= 15 is 0 Å². The molecule has 46 valence electrons. The summed E-state index contributed by atoms with van der Waals surface area (Å²) in [4.78, 5) is 2.13. The van der Waals surface area contributed by atoms with Gasteiger partial charge in [-0.3, -0.25) is 0 Å². The molecule has 0 aromatic rings. The van der Waals surface area contributed by atoms with Gasteiger partial charge in [0, 0.05) is 19.3 Å². The molecule has 0 fully saturated rings. The fraction of sp³-hybridized carbons (Fsp3) is 0.571. The summed E-state index contributed by atoms with van der Waals surface area (Å²) in [6, 6.07) is 0. The third kappa shape index (κ3) is 2.49. The molecule has 0 bridgehead atoms. The van der Waals surface area contributed by atoms with Gasteiger partial charge in [0.15, 0.2) is 0 Å². The van der Waals surface area contributed by atoms with Crippen molar-refractivity contribution in [2.45, 2.75) is 13.8 Å². The maximum atomic E-state index is 3.47. The Kier molecular flexibility index (Phi) is 4.10. The van der Waals surface area contributed by atoms with Gasteiger partial charge in [-0.1, -0.05) is 6.58 Å². The summed E-state index contributed by atoms with van der Waals surface area (Å²) in [7, 11) is 0. The molecule has 0 N–H and O–H groups in total. The largest absolute Gasteiger partial charge is 0.372 e. The van der Waals surface area contributed by atoms with E-state index in [2.05, 4.69) is 31.1 Å². The second kappa shape index (κ2) is 4.48. The summed E-state index contributed by atoms with van der Waals surface area (Å²) in [5.74, 6) is 0. The summed E-state index contributed by atoms with van der Waals surface area (Å²) >= 11 is 0. The molecule has 0 atom stereocenters. The average molecular weight is 111 g/mol. The molecule has 0 saturated carbocycles. The highest BCUT2D eigenvalue weighted by molar-refractivity contribution is 4.75. The highest BCUT2D eigenvalue weighted by atomic mass is 15.1. The summed E-state index contributed by atoms with van der Waals surface area (Å²) in [6.07, 6.45) is 1.88. The molecular weight excluding hydrogens is 98.1 g/mol. The van der Waals surface area contributed by atoms with Gasteiger partial charge < -0.3 is 4.90 Å². The van der Waals surface area contributed by atoms with Gasteiger partial charge in [-0.15, -0.1) is 5.73 Å². The van der Waals surface area contributed by atoms with Gasteiger partial charge in [-0.2, -0.15) is 0 Å². The van der Waals surface area contributed by atoms with E-state index in [4.69, 9.17) is 0 Å². The Morgan fingerprint density at radius 1 is 1.50 bits per heavy atom. The van der Waals surface area contributed by atoms with Gasteiger partial charge in [-0.25, -0.2) is 0 Å². The van der Waals surface area contributed by atoms with Crippen molar-refractivity contribution in [3.05, 3.63) is 18.5 Å². The van der Waals surface area contributed by atoms with Crippen molar-refractivity contribution in [3.8, 4) is 0 Å². The molecule has 0 aliphatic heterocycles. The van der Waals surface area contributed by atoms with Crippen molar-refractivity contribution < 1.29 is 0 Å². The number of nitrogens with zero attached hydrogens (tertiary/aromatic N) is 1. The fourth-order valence-corrected chi connectivity index (χ4v) is 0.535. The first-order valence-corrected chi connectivity index (χ1v) is 2.95. The average Bonchev–Trinajstić information content (AvgIpc) is 1.83. The first kappa shape index (κ1) is 7.32. The molecule has 8 heavy (non-hydrogen) atoms. The van der Waals surface area contributed by atoms with E-state index < -0.39 is 0 Å². The minimum atomic E-state index is 1.04. The van der Waals surface area contributed by atoms with Crippen molar-refractivity contribution in [3.63, 3.8) is 0 Å². The molecule has 0 spiro atoms. The van der Waals surface area contributed by atoms with E-state index in [0.29, 0.717) is 0 Å². The lowest BCUT2D eigenvalue weighted by Gasteiger charge is -2.12. The quantitative estimate of drug-likeness (QED) is 0.500. The van der Waals surface area contributed by atoms with Crippen LogP contribution in [0.15, 0.2) is 18.5 Å². The van der Waals surface area contributed by atoms with Crippen molar-refractivity contribution in [1.29, 1.82) is 0 Å². The van der Waals surface area contributed by atoms with Crippen LogP contribution in [-0.4, -0.2) is 18.0 Å². The summed E-state index contributed by atoms with van der Waals surface area (Å²) in [6.45, 7) is 9.77. The molecule has 1 heteroatoms. The molecule has 0 aliphatic rings. The van der Waals surface area contributed by atoms with E-state index in [1.165, 1.54) is 0 Å². The first-order chi connectivity index (χ1) is 3.85. The summed E-state index contributed by atoms with van der Waals surface area (Å²) in [5.41, 5.74) is 2.72. The monoisotopic (exact) mass is 111 g/mol. The Morgan fingerprint density at radius 2 is 2.00 bits per heavy atom. The number of hydrogen-bond acceptors (Lipinski definition) is 1. The molecule has 0 aromatic carbocycles. The lowest BCUT2D eigenvalue weighted by atomic mass is 10.5. The molecule has 0 heterocycles. The van der Waals surface area contributed by atoms with Crippen LogP contribution in [0, 0.1) is 0 Å². The zero-order valence-electron chi connectivity index (χ0n) is 5.65. The minimum absolute atomic E-state index is 1.04. The van der Waals surface area contributed by atoms with Crippen LogP contribution in [0.3, 0.4) is 0 Å². The van der Waals surface area contributed by atoms with Crippen LogP contribution < -0.4 is 0 Å². The van der Waals surface area contributed by atoms with Crippen molar-refractivity contribution in [2.75, 3.05) is 13.1 Å². The van der Waals surface area contributed by atoms with E-state index in [1.54, 1.807) is 0 Å². The van der Waals surface area contributed by atoms with E-state index in [9.17, 15) is 0 Å². The predicted molar refractivity (Wildman–Crippen MR) is 36.6 cm³/mol. The molecule has 0 aromatic heterocycles. The number of hydrogen-bond donors (Lipinski definition) is 0. The lowest BCUT2D eigenvalue weighted by molar-refractivity contribution is 0.420. The van der Waals surface area contributed by atoms with E-state index in [-0.39, 0.29) is 0 Å². The van der Waals surface area contributed by atoms with Crippen LogP contribution in [0.5, 0.6) is 0 Å². The summed E-state index contributed by atoms with van der Waals surface area (Å²) < 4.78 is 0. The topological polar surface area (TPSA) is 3.24 Å². The second-order valence-electron chi connectivity index (χ2n) is 1.55. The predicted octanol–water partition coefficient (Wildman–Crippen LogP) is 1.63. The van der Waals surface area contributed by atoms with Crippen LogP contribution in [0.2, 0.25) is 0 Å². The Morgan fingerprint density at radius 3 is 2.12 bits per heavy atom. The van der Waals surface area contributed by atoms with Crippen LogP contribution in [-0.2, 0) is 0 Å². The minimum Gasteiger partial charge on any atom is -0.372 e. The smallest absolute Gasteiger partial charge is 0.0417 e. The Hall–Kier alpha value is -0.680. The zero-order valence-corrected chi connectivity index (χ0v) is 5.65. The van der Waals surface area contributed by atoms with Gasteiger partial charge in [0.2, 0.25) is 0 Å². The van der Waals surface area contributed by atoms with Gasteiger partial charge in [0.25, 0.3) is 0 Å². The van der Waals surface area contributed by atoms with Gasteiger partial charge >= 0.3 is 0 Å². The molecule has 0 amide bonds. The van der Waals surface area contributed by atoms with E-state index in [0.717, 1.165) is 13.1 Å². The van der Waals surface area contributed by atoms with Gasteiger partial charge in [0.1, 0.15) is 0 Å². The highest BCUT2D eigenvalue weighted by Crippen LogP contribution is 1.83. The summed E-state index contributed by atoms with van der Waals surface area (Å²) in [5, 5.41) is 0. The third-order valence-electron chi connectivity index (χ3n) is 1.09. The fourth-order valence-electron chi connectivity index (χ4n) is 0.535. The Balaban J connectivity index is 3.52. The van der Waals surface area contributed by atoms with Gasteiger partial charge in [0.05, 0.1) is 0 Å². The normalized spacial score (nSPS) is 7.75. The Bertz CT molecular complexity index is 86.6. The molecule has 0 unspecified atom stereocenters. The molecular formula is C7H13N. The maximum Gasteiger partial charge on any atom is 0.0417 e. The first-order valence-electron chi connectivity index (χ1n) is 2.95. The molecule has 0 saturated heterocycles. The van der Waals surface area contributed by atoms with Crippen LogP contribution in [0.1, 0.15) is 13.8 Å². The van der Waals surface area contributed by atoms with Crippen LogP contribution in [0.4, 0.5) is 0 Å². The van der Waals surface area contributed by atoms with Gasteiger partial charge in [-0.05, 0) is 13.8 Å². The maximum absolute atomic E-state index is 3.47. The van der Waals surface area contributed by atoms with Crippen molar-refractivity contribution in [2.24, 2.45) is 0 Å². The second-order valence-corrected chi connectivity index (χ2v) is 1.55. The van der Waals surface area contributed by atoms with Crippen molar-refractivity contribution in [1.82, 2.24) is 4.90 Å². The highest BCUT2D eigenvalue weighted by Gasteiger charge is 1.84. The lowest BCUT2D eigenvalue weighted by Crippen LogP contribution is -2.14. The van der Waals surface area contributed by atoms with Crippen LogP contribution >= 0.6 is 0 Å². The SMILES string of the molecule is C=C=CN(CC)CC. The molecule has 0 rings (SSSR count). The molecule has 0 radical (unpaired) electrons. The molecule has 0 aliphatic carbocycles.